The molecule has 2 aromatic carbocycles. The van der Waals surface area contributed by atoms with Crippen molar-refractivity contribution >= 4 is 22.7 Å². The molecule has 0 fully saturated rings. The SMILES string of the molecule is FC(F)(F)c1ccc2[nH]cc(Sc3ccccc3C(F)(F)F)c2c1. The molecule has 1 heterocycles. The predicted molar refractivity (Wildman–Crippen MR) is 78.9 cm³/mol. The van der Waals surface area contributed by atoms with Crippen molar-refractivity contribution in [2.45, 2.75) is 22.1 Å². The Bertz CT molecular complexity index is 878. The van der Waals surface area contributed by atoms with Gasteiger partial charge >= 0.3 is 12.4 Å². The van der Waals surface area contributed by atoms with E-state index in [0.717, 1.165) is 30.0 Å². The zero-order valence-electron chi connectivity index (χ0n) is 11.8. The minimum absolute atomic E-state index is 0.0664. The first-order chi connectivity index (χ1) is 11.2. The van der Waals surface area contributed by atoms with Crippen LogP contribution in [0.3, 0.4) is 0 Å². The van der Waals surface area contributed by atoms with Crippen LogP contribution in [0.4, 0.5) is 26.3 Å². The number of nitrogens with one attached hydrogen (secondary N) is 1. The van der Waals surface area contributed by atoms with Crippen LogP contribution < -0.4 is 0 Å². The average Bonchev–Trinajstić information content (AvgIpc) is 2.88. The molecule has 0 saturated carbocycles. The van der Waals surface area contributed by atoms with Crippen molar-refractivity contribution in [3.8, 4) is 0 Å². The number of hydrogen-bond acceptors (Lipinski definition) is 1. The van der Waals surface area contributed by atoms with Crippen LogP contribution >= 0.6 is 11.8 Å². The van der Waals surface area contributed by atoms with Crippen LogP contribution in [0.25, 0.3) is 10.9 Å². The van der Waals surface area contributed by atoms with Crippen molar-refractivity contribution in [1.82, 2.24) is 4.98 Å². The number of benzene rings is 2. The summed E-state index contributed by atoms with van der Waals surface area (Å²) < 4.78 is 77.6. The minimum atomic E-state index is -4.53. The maximum atomic E-state index is 13.0. The Morgan fingerprint density at radius 1 is 0.792 bits per heavy atom. The van der Waals surface area contributed by atoms with Crippen molar-refractivity contribution < 1.29 is 26.3 Å². The summed E-state index contributed by atoms with van der Waals surface area (Å²) in [4.78, 5) is 3.01. The van der Waals surface area contributed by atoms with Crippen LogP contribution in [0.1, 0.15) is 11.1 Å². The largest absolute Gasteiger partial charge is 0.417 e. The molecule has 0 atom stereocenters. The number of H-pyrrole nitrogens is 1. The molecule has 0 saturated heterocycles. The Balaban J connectivity index is 2.06. The average molecular weight is 361 g/mol. The lowest BCUT2D eigenvalue weighted by Crippen LogP contribution is -2.06. The molecular formula is C16H9F6NS. The molecule has 0 spiro atoms. The molecule has 24 heavy (non-hydrogen) atoms. The van der Waals surface area contributed by atoms with E-state index in [1.54, 1.807) is 0 Å². The maximum absolute atomic E-state index is 13.0. The van der Waals surface area contributed by atoms with Gasteiger partial charge in [0, 0.05) is 26.9 Å². The lowest BCUT2D eigenvalue weighted by atomic mass is 10.1. The molecule has 0 amide bonds. The summed E-state index contributed by atoms with van der Waals surface area (Å²) in [5, 5.41) is 0.229. The molecule has 126 valence electrons. The van der Waals surface area contributed by atoms with E-state index in [2.05, 4.69) is 4.98 Å². The van der Waals surface area contributed by atoms with E-state index in [9.17, 15) is 26.3 Å². The third-order valence-corrected chi connectivity index (χ3v) is 4.52. The van der Waals surface area contributed by atoms with Gasteiger partial charge in [-0.2, -0.15) is 26.3 Å². The molecule has 0 aliphatic carbocycles. The second-order valence-electron chi connectivity index (χ2n) is 5.01. The molecule has 1 N–H and O–H groups in total. The Kier molecular flexibility index (Phi) is 4.03. The summed E-state index contributed by atoms with van der Waals surface area (Å²) in [7, 11) is 0. The second-order valence-corrected chi connectivity index (χ2v) is 6.09. The van der Waals surface area contributed by atoms with Gasteiger partial charge in [-0.3, -0.25) is 0 Å². The topological polar surface area (TPSA) is 15.8 Å². The summed E-state index contributed by atoms with van der Waals surface area (Å²) in [6.45, 7) is 0. The van der Waals surface area contributed by atoms with Crippen LogP contribution in [-0.2, 0) is 12.4 Å². The Hall–Kier alpha value is -2.09. The van der Waals surface area contributed by atoms with Gasteiger partial charge in [-0.1, -0.05) is 23.9 Å². The molecular weight excluding hydrogens is 352 g/mol. The zero-order valence-corrected chi connectivity index (χ0v) is 12.6. The van der Waals surface area contributed by atoms with Gasteiger partial charge in [0.2, 0.25) is 0 Å². The quantitative estimate of drug-likeness (QED) is 0.525. The molecule has 0 aliphatic heterocycles. The molecule has 1 nitrogen and oxygen atoms in total. The molecule has 0 aliphatic rings. The number of aromatic nitrogens is 1. The van der Waals surface area contributed by atoms with Gasteiger partial charge in [0.1, 0.15) is 0 Å². The van der Waals surface area contributed by atoms with Gasteiger partial charge in [-0.05, 0) is 30.3 Å². The number of rotatable bonds is 2. The molecule has 3 aromatic rings. The van der Waals surface area contributed by atoms with Crippen LogP contribution in [0.15, 0.2) is 58.5 Å². The van der Waals surface area contributed by atoms with E-state index >= 15 is 0 Å². The van der Waals surface area contributed by atoms with E-state index in [1.165, 1.54) is 30.5 Å². The molecule has 8 heteroatoms. The van der Waals surface area contributed by atoms with E-state index in [4.69, 9.17) is 0 Å². The van der Waals surface area contributed by atoms with Crippen LogP contribution in [0.2, 0.25) is 0 Å². The van der Waals surface area contributed by atoms with Gasteiger partial charge in [0.25, 0.3) is 0 Å². The fraction of sp³-hybridized carbons (Fsp3) is 0.125. The van der Waals surface area contributed by atoms with Gasteiger partial charge in [0.05, 0.1) is 11.1 Å². The van der Waals surface area contributed by atoms with Crippen molar-refractivity contribution in [3.63, 3.8) is 0 Å². The van der Waals surface area contributed by atoms with E-state index in [-0.39, 0.29) is 10.3 Å². The number of fused-ring (bicyclic) bond motifs is 1. The van der Waals surface area contributed by atoms with Gasteiger partial charge in [0.15, 0.2) is 0 Å². The second kappa shape index (κ2) is 5.77. The van der Waals surface area contributed by atoms with Crippen molar-refractivity contribution in [2.24, 2.45) is 0 Å². The lowest BCUT2D eigenvalue weighted by Gasteiger charge is -2.12. The number of hydrogen-bond donors (Lipinski definition) is 1. The highest BCUT2D eigenvalue weighted by Gasteiger charge is 2.34. The smallest absolute Gasteiger partial charge is 0.360 e. The molecule has 0 radical (unpaired) electrons. The van der Waals surface area contributed by atoms with Crippen LogP contribution in [0, 0.1) is 0 Å². The standard InChI is InChI=1S/C16H9F6NS/c17-15(18,19)9-5-6-12-10(7-9)14(8-23-12)24-13-4-2-1-3-11(13)16(20,21)22/h1-8,23H. The molecule has 1 aromatic heterocycles. The van der Waals surface area contributed by atoms with Gasteiger partial charge in [-0.15, -0.1) is 0 Å². The maximum Gasteiger partial charge on any atom is 0.417 e. The summed E-state index contributed by atoms with van der Waals surface area (Å²) in [6.07, 6.45) is -7.65. The summed E-state index contributed by atoms with van der Waals surface area (Å²) in [5.74, 6) is 0. The third-order valence-electron chi connectivity index (χ3n) is 3.38. The predicted octanol–water partition coefficient (Wildman–Crippen LogP) is 6.36. The summed E-state index contributed by atoms with van der Waals surface area (Å²) in [5.41, 5.74) is -1.24. The summed E-state index contributed by atoms with van der Waals surface area (Å²) in [6, 6.07) is 8.08. The van der Waals surface area contributed by atoms with Gasteiger partial charge in [-0.25, -0.2) is 0 Å². The van der Waals surface area contributed by atoms with E-state index in [0.29, 0.717) is 10.4 Å². The fourth-order valence-electron chi connectivity index (χ4n) is 2.26. The number of halogens is 6. The highest BCUT2D eigenvalue weighted by atomic mass is 32.2. The van der Waals surface area contributed by atoms with Crippen molar-refractivity contribution in [3.05, 3.63) is 59.8 Å². The lowest BCUT2D eigenvalue weighted by molar-refractivity contribution is -0.140. The molecule has 0 bridgehead atoms. The highest BCUT2D eigenvalue weighted by Crippen LogP contribution is 2.42. The van der Waals surface area contributed by atoms with Crippen LogP contribution in [0.5, 0.6) is 0 Å². The fourth-order valence-corrected chi connectivity index (χ4v) is 3.34. The number of alkyl halides is 6. The van der Waals surface area contributed by atoms with Gasteiger partial charge < -0.3 is 4.98 Å². The van der Waals surface area contributed by atoms with Crippen LogP contribution in [-0.4, -0.2) is 4.98 Å². The zero-order chi connectivity index (χ0) is 17.5. The number of aromatic amines is 1. The van der Waals surface area contributed by atoms with E-state index in [1.807, 2.05) is 0 Å². The third kappa shape index (κ3) is 3.24. The van der Waals surface area contributed by atoms with Crippen molar-refractivity contribution in [1.29, 1.82) is 0 Å². The highest BCUT2D eigenvalue weighted by molar-refractivity contribution is 7.99. The first-order valence-corrected chi connectivity index (χ1v) is 7.50. The first kappa shape index (κ1) is 16.8. The molecule has 0 unspecified atom stereocenters. The monoisotopic (exact) mass is 361 g/mol. The van der Waals surface area contributed by atoms with E-state index < -0.39 is 23.5 Å². The van der Waals surface area contributed by atoms with Crippen molar-refractivity contribution in [2.75, 3.05) is 0 Å². The Morgan fingerprint density at radius 2 is 1.50 bits per heavy atom. The Morgan fingerprint density at radius 3 is 2.17 bits per heavy atom. The normalized spacial score (nSPS) is 12.8. The molecule has 3 rings (SSSR count). The minimum Gasteiger partial charge on any atom is -0.360 e. The first-order valence-electron chi connectivity index (χ1n) is 6.68. The Labute approximate surface area is 136 Å². The summed E-state index contributed by atoms with van der Waals surface area (Å²) >= 11 is 0.778.